The first-order valence-corrected chi connectivity index (χ1v) is 29.8. The molecule has 0 aliphatic heterocycles. The minimum absolute atomic E-state index is 0.0167. The third-order valence-corrected chi connectivity index (χ3v) is 14.2. The van der Waals surface area contributed by atoms with Crippen LogP contribution in [0.2, 0.25) is 0 Å². The van der Waals surface area contributed by atoms with Gasteiger partial charge in [0.2, 0.25) is 5.91 Å². The molecular weight excluding hydrogens is 803 g/mol. The highest BCUT2D eigenvalue weighted by atomic mass is 16.5. The van der Waals surface area contributed by atoms with Crippen molar-refractivity contribution < 1.29 is 24.5 Å². The first-order chi connectivity index (χ1) is 32.0. The maximum absolute atomic E-state index is 12.4. The average Bonchev–Trinajstić information content (AvgIpc) is 3.31. The number of ether oxygens (including phenoxy) is 1. The Kier molecular flexibility index (Phi) is 54.5. The summed E-state index contributed by atoms with van der Waals surface area (Å²) < 4.78 is 5.47. The van der Waals surface area contributed by atoms with Gasteiger partial charge in [-0.1, -0.05) is 303 Å². The summed E-state index contributed by atoms with van der Waals surface area (Å²) in [4.78, 5) is 24.4. The van der Waals surface area contributed by atoms with E-state index in [1.165, 1.54) is 270 Å². The van der Waals surface area contributed by atoms with Crippen molar-refractivity contribution in [1.82, 2.24) is 5.32 Å². The van der Waals surface area contributed by atoms with E-state index in [0.29, 0.717) is 25.9 Å². The van der Waals surface area contributed by atoms with E-state index in [-0.39, 0.29) is 18.5 Å². The van der Waals surface area contributed by atoms with Crippen LogP contribution in [0.4, 0.5) is 0 Å². The van der Waals surface area contributed by atoms with Crippen LogP contribution in [0.1, 0.15) is 341 Å². The van der Waals surface area contributed by atoms with Gasteiger partial charge in [0, 0.05) is 12.8 Å². The molecule has 2 unspecified atom stereocenters. The summed E-state index contributed by atoms with van der Waals surface area (Å²) in [7, 11) is 0. The fourth-order valence-corrected chi connectivity index (χ4v) is 9.58. The second-order valence-electron chi connectivity index (χ2n) is 20.7. The van der Waals surface area contributed by atoms with Gasteiger partial charge in [0.1, 0.15) is 0 Å². The van der Waals surface area contributed by atoms with Gasteiger partial charge in [-0.2, -0.15) is 0 Å². The molecule has 0 radical (unpaired) electrons. The number of rotatable bonds is 56. The average molecular weight is 921 g/mol. The van der Waals surface area contributed by atoms with Crippen LogP contribution in [0.5, 0.6) is 0 Å². The third-order valence-electron chi connectivity index (χ3n) is 14.2. The largest absolute Gasteiger partial charge is 0.466 e. The number of aliphatic hydroxyl groups excluding tert-OH is 2. The number of hydrogen-bond acceptors (Lipinski definition) is 5. The molecule has 6 nitrogen and oxygen atoms in total. The predicted molar refractivity (Wildman–Crippen MR) is 283 cm³/mol. The van der Waals surface area contributed by atoms with Gasteiger partial charge in [-0.15, -0.1) is 0 Å². The lowest BCUT2D eigenvalue weighted by Gasteiger charge is -2.22. The van der Waals surface area contributed by atoms with E-state index in [9.17, 15) is 19.8 Å². The van der Waals surface area contributed by atoms with Gasteiger partial charge in [0.05, 0.1) is 25.4 Å². The molecule has 2 atom stereocenters. The minimum atomic E-state index is -0.660. The monoisotopic (exact) mass is 920 g/mol. The molecule has 0 aromatic carbocycles. The van der Waals surface area contributed by atoms with Crippen molar-refractivity contribution >= 4 is 11.9 Å². The van der Waals surface area contributed by atoms with E-state index < -0.39 is 12.1 Å². The number of carbonyl (C=O) groups is 2. The van der Waals surface area contributed by atoms with Gasteiger partial charge < -0.3 is 20.3 Å². The Balaban J connectivity index is 3.33. The van der Waals surface area contributed by atoms with E-state index in [2.05, 4.69) is 19.2 Å². The van der Waals surface area contributed by atoms with Crippen LogP contribution in [0.3, 0.4) is 0 Å². The number of aliphatic hydroxyl groups is 2. The molecule has 0 fully saturated rings. The zero-order valence-corrected chi connectivity index (χ0v) is 44.3. The van der Waals surface area contributed by atoms with Crippen molar-refractivity contribution in [2.75, 3.05) is 13.2 Å². The molecule has 65 heavy (non-hydrogen) atoms. The van der Waals surface area contributed by atoms with Crippen LogP contribution in [-0.4, -0.2) is 47.4 Å². The molecule has 0 saturated heterocycles. The molecule has 0 rings (SSSR count). The first kappa shape index (κ1) is 63.9. The zero-order valence-electron chi connectivity index (χ0n) is 44.3. The van der Waals surface area contributed by atoms with Crippen molar-refractivity contribution in [1.29, 1.82) is 0 Å². The fraction of sp³-hybridized carbons (Fsp3) is 0.966. The van der Waals surface area contributed by atoms with Crippen LogP contribution in [0.25, 0.3) is 0 Å². The van der Waals surface area contributed by atoms with E-state index in [1.807, 2.05) is 0 Å². The summed E-state index contributed by atoms with van der Waals surface area (Å²) in [5, 5.41) is 23.2. The highest BCUT2D eigenvalue weighted by Crippen LogP contribution is 2.18. The number of esters is 1. The molecule has 0 aliphatic carbocycles. The van der Waals surface area contributed by atoms with Crippen molar-refractivity contribution in [3.63, 3.8) is 0 Å². The summed E-state index contributed by atoms with van der Waals surface area (Å²) in [5.41, 5.74) is 0. The Morgan fingerprint density at radius 2 is 0.631 bits per heavy atom. The van der Waals surface area contributed by atoms with Crippen molar-refractivity contribution in [3.05, 3.63) is 0 Å². The lowest BCUT2D eigenvalue weighted by molar-refractivity contribution is -0.143. The third kappa shape index (κ3) is 52.1. The number of nitrogens with one attached hydrogen (secondary N) is 1. The maximum Gasteiger partial charge on any atom is 0.305 e. The molecule has 0 aromatic heterocycles. The molecule has 6 heteroatoms. The fourth-order valence-electron chi connectivity index (χ4n) is 9.58. The van der Waals surface area contributed by atoms with Gasteiger partial charge in [0.15, 0.2) is 0 Å². The summed E-state index contributed by atoms with van der Waals surface area (Å²) >= 11 is 0. The summed E-state index contributed by atoms with van der Waals surface area (Å²) in [6.07, 6.45) is 64.0. The topological polar surface area (TPSA) is 95.9 Å². The van der Waals surface area contributed by atoms with Crippen LogP contribution < -0.4 is 5.32 Å². The second-order valence-corrected chi connectivity index (χ2v) is 20.7. The number of amides is 1. The van der Waals surface area contributed by atoms with E-state index in [1.54, 1.807) is 0 Å². The van der Waals surface area contributed by atoms with E-state index in [4.69, 9.17) is 4.74 Å². The van der Waals surface area contributed by atoms with Gasteiger partial charge in [-0.05, 0) is 25.7 Å². The standard InChI is InChI=1S/C59H117NO5/c1-3-5-7-9-11-13-15-32-35-39-43-47-51-57(62)56(55-61)60-58(63)52-48-44-40-36-33-29-27-25-23-21-19-17-16-18-20-22-24-26-28-30-34-38-42-46-50-54-65-59(64)53-49-45-41-37-31-14-12-10-8-6-4-2/h56-57,61-62H,3-55H2,1-2H3,(H,60,63). The van der Waals surface area contributed by atoms with Gasteiger partial charge in [-0.3, -0.25) is 9.59 Å². The minimum Gasteiger partial charge on any atom is -0.466 e. The smallest absolute Gasteiger partial charge is 0.305 e. The lowest BCUT2D eigenvalue weighted by atomic mass is 10.0. The van der Waals surface area contributed by atoms with Gasteiger partial charge in [0.25, 0.3) is 0 Å². The van der Waals surface area contributed by atoms with Crippen molar-refractivity contribution in [3.8, 4) is 0 Å². The zero-order chi connectivity index (χ0) is 47.2. The maximum atomic E-state index is 12.4. The number of carbonyl (C=O) groups excluding carboxylic acids is 2. The SMILES string of the molecule is CCCCCCCCCCCCCCC(O)C(CO)NC(=O)CCCCCCCCCCCCCCCCCCCCCCCCCCCOC(=O)CCCCCCCCCCCCC. The number of unbranched alkanes of at least 4 members (excludes halogenated alkanes) is 45. The molecule has 1 amide bonds. The predicted octanol–water partition coefficient (Wildman–Crippen LogP) is 18.3. The Bertz CT molecular complexity index is 928. The van der Waals surface area contributed by atoms with Crippen molar-refractivity contribution in [2.24, 2.45) is 0 Å². The molecule has 0 spiro atoms. The van der Waals surface area contributed by atoms with Crippen LogP contribution in [-0.2, 0) is 14.3 Å². The molecule has 0 aromatic rings. The molecule has 0 saturated carbocycles. The normalized spacial score (nSPS) is 12.5. The van der Waals surface area contributed by atoms with E-state index >= 15 is 0 Å². The highest BCUT2D eigenvalue weighted by Gasteiger charge is 2.20. The Hall–Kier alpha value is -1.14. The summed E-state index contributed by atoms with van der Waals surface area (Å²) in [6, 6.07) is -0.537. The Labute approximate surface area is 406 Å². The van der Waals surface area contributed by atoms with Crippen LogP contribution in [0.15, 0.2) is 0 Å². The molecule has 388 valence electrons. The molecular formula is C59H117NO5. The van der Waals surface area contributed by atoms with Crippen LogP contribution >= 0.6 is 0 Å². The molecule has 3 N–H and O–H groups in total. The van der Waals surface area contributed by atoms with Crippen LogP contribution in [0, 0.1) is 0 Å². The number of hydrogen-bond donors (Lipinski definition) is 3. The Morgan fingerprint density at radius 3 is 0.938 bits per heavy atom. The Morgan fingerprint density at radius 1 is 0.369 bits per heavy atom. The van der Waals surface area contributed by atoms with Crippen molar-refractivity contribution in [2.45, 2.75) is 353 Å². The molecule has 0 heterocycles. The quantitative estimate of drug-likeness (QED) is 0.0417. The summed E-state index contributed by atoms with van der Waals surface area (Å²) in [5.74, 6) is -0.0150. The summed E-state index contributed by atoms with van der Waals surface area (Å²) in [6.45, 7) is 4.97. The lowest BCUT2D eigenvalue weighted by Crippen LogP contribution is -2.45. The first-order valence-electron chi connectivity index (χ1n) is 29.8. The van der Waals surface area contributed by atoms with E-state index in [0.717, 1.165) is 38.5 Å². The van der Waals surface area contributed by atoms with Gasteiger partial charge >= 0.3 is 5.97 Å². The van der Waals surface area contributed by atoms with Gasteiger partial charge in [-0.25, -0.2) is 0 Å². The highest BCUT2D eigenvalue weighted by molar-refractivity contribution is 5.76. The molecule has 0 aliphatic rings. The molecule has 0 bridgehead atoms. The second kappa shape index (κ2) is 55.5.